The summed E-state index contributed by atoms with van der Waals surface area (Å²) in [5, 5.41) is 6.30. The van der Waals surface area contributed by atoms with Crippen LogP contribution < -0.4 is 5.69 Å². The van der Waals surface area contributed by atoms with Gasteiger partial charge in [-0.1, -0.05) is 6.92 Å². The molecule has 0 spiro atoms. The first-order chi connectivity index (χ1) is 8.56. The molecule has 0 bridgehead atoms. The molecule has 0 radical (unpaired) electrons. The lowest BCUT2D eigenvalue weighted by atomic mass is 10.00. The van der Waals surface area contributed by atoms with Crippen LogP contribution in [0.4, 0.5) is 8.78 Å². The second kappa shape index (κ2) is 3.76. The van der Waals surface area contributed by atoms with Gasteiger partial charge in [-0.15, -0.1) is 0 Å². The van der Waals surface area contributed by atoms with Crippen molar-refractivity contribution in [3.8, 4) is 0 Å². The highest BCUT2D eigenvalue weighted by atomic mass is 19.1. The van der Waals surface area contributed by atoms with Crippen molar-refractivity contribution in [1.29, 1.82) is 0 Å². The Morgan fingerprint density at radius 3 is 2.67 bits per heavy atom. The zero-order valence-corrected chi connectivity index (χ0v) is 9.65. The summed E-state index contributed by atoms with van der Waals surface area (Å²) in [4.78, 5) is 11.7. The Bertz CT molecular complexity index is 641. The van der Waals surface area contributed by atoms with E-state index in [1.807, 2.05) is 6.92 Å². The molecule has 2 heterocycles. The first-order valence-electron chi connectivity index (χ1n) is 5.69. The SMILES string of the molecule is C[C@@H]1C[C@H](c2cc(F)cc(F)c2)n2c1n[nH]c2=O. The molecule has 4 nitrogen and oxygen atoms in total. The van der Waals surface area contributed by atoms with Crippen molar-refractivity contribution in [3.05, 3.63) is 51.7 Å². The molecule has 1 N–H and O–H groups in total. The lowest BCUT2D eigenvalue weighted by Crippen LogP contribution is -2.20. The molecule has 0 aliphatic carbocycles. The van der Waals surface area contributed by atoms with Gasteiger partial charge in [0.1, 0.15) is 17.5 Å². The predicted octanol–water partition coefficient (Wildman–Crippen LogP) is 1.95. The van der Waals surface area contributed by atoms with Gasteiger partial charge in [0.15, 0.2) is 0 Å². The summed E-state index contributed by atoms with van der Waals surface area (Å²) in [5.41, 5.74) is 0.116. The fraction of sp³-hybridized carbons (Fsp3) is 0.333. The van der Waals surface area contributed by atoms with Crippen molar-refractivity contribution in [2.45, 2.75) is 25.3 Å². The summed E-state index contributed by atoms with van der Waals surface area (Å²) in [6.45, 7) is 1.93. The molecule has 0 fully saturated rings. The minimum Gasteiger partial charge on any atom is -0.271 e. The smallest absolute Gasteiger partial charge is 0.271 e. The normalized spacial score (nSPS) is 22.2. The van der Waals surface area contributed by atoms with Gasteiger partial charge >= 0.3 is 5.69 Å². The molecule has 0 saturated heterocycles. The summed E-state index contributed by atoms with van der Waals surface area (Å²) in [6.07, 6.45) is 0.620. The van der Waals surface area contributed by atoms with Gasteiger partial charge in [0.05, 0.1) is 6.04 Å². The van der Waals surface area contributed by atoms with E-state index in [2.05, 4.69) is 10.2 Å². The number of halogens is 2. The van der Waals surface area contributed by atoms with E-state index in [0.717, 1.165) is 6.07 Å². The van der Waals surface area contributed by atoms with Crippen LogP contribution in [0.1, 0.15) is 36.7 Å². The van der Waals surface area contributed by atoms with Crippen molar-refractivity contribution < 1.29 is 8.78 Å². The van der Waals surface area contributed by atoms with Crippen molar-refractivity contribution in [2.24, 2.45) is 0 Å². The second-order valence-electron chi connectivity index (χ2n) is 4.61. The largest absolute Gasteiger partial charge is 0.343 e. The van der Waals surface area contributed by atoms with Gasteiger partial charge < -0.3 is 0 Å². The van der Waals surface area contributed by atoms with Gasteiger partial charge in [-0.3, -0.25) is 4.57 Å². The molecule has 0 unspecified atom stereocenters. The van der Waals surface area contributed by atoms with E-state index >= 15 is 0 Å². The maximum absolute atomic E-state index is 13.2. The van der Waals surface area contributed by atoms with Crippen molar-refractivity contribution in [1.82, 2.24) is 14.8 Å². The van der Waals surface area contributed by atoms with Crippen LogP contribution in [0, 0.1) is 11.6 Å². The number of hydrogen-bond acceptors (Lipinski definition) is 2. The number of nitrogens with one attached hydrogen (secondary N) is 1. The lowest BCUT2D eigenvalue weighted by Gasteiger charge is -2.12. The van der Waals surface area contributed by atoms with E-state index in [0.29, 0.717) is 17.8 Å². The highest BCUT2D eigenvalue weighted by molar-refractivity contribution is 5.25. The Hall–Kier alpha value is -1.98. The summed E-state index contributed by atoms with van der Waals surface area (Å²) < 4.78 is 27.9. The number of aromatic nitrogens is 3. The van der Waals surface area contributed by atoms with Crippen LogP contribution in [-0.2, 0) is 0 Å². The fourth-order valence-electron chi connectivity index (χ4n) is 2.56. The first-order valence-corrected chi connectivity index (χ1v) is 5.69. The molecule has 1 aliphatic heterocycles. The topological polar surface area (TPSA) is 50.7 Å². The summed E-state index contributed by atoms with van der Waals surface area (Å²) >= 11 is 0. The van der Waals surface area contributed by atoms with Gasteiger partial charge in [-0.05, 0) is 24.1 Å². The van der Waals surface area contributed by atoms with E-state index in [1.54, 1.807) is 0 Å². The number of aromatic amines is 1. The lowest BCUT2D eigenvalue weighted by molar-refractivity contribution is 0.545. The fourth-order valence-corrected chi connectivity index (χ4v) is 2.56. The van der Waals surface area contributed by atoms with Crippen LogP contribution in [0.5, 0.6) is 0 Å². The third kappa shape index (κ3) is 1.56. The van der Waals surface area contributed by atoms with Crippen LogP contribution in [-0.4, -0.2) is 14.8 Å². The van der Waals surface area contributed by atoms with E-state index in [-0.39, 0.29) is 17.6 Å². The minimum atomic E-state index is -0.636. The zero-order valence-electron chi connectivity index (χ0n) is 9.65. The van der Waals surface area contributed by atoms with Gasteiger partial charge in [0, 0.05) is 12.0 Å². The van der Waals surface area contributed by atoms with Gasteiger partial charge in [-0.2, -0.15) is 5.10 Å². The Morgan fingerprint density at radius 1 is 1.33 bits per heavy atom. The monoisotopic (exact) mass is 251 g/mol. The number of benzene rings is 1. The third-order valence-electron chi connectivity index (χ3n) is 3.33. The van der Waals surface area contributed by atoms with Crippen LogP contribution >= 0.6 is 0 Å². The Morgan fingerprint density at radius 2 is 2.00 bits per heavy atom. The number of hydrogen-bond donors (Lipinski definition) is 1. The number of nitrogens with zero attached hydrogens (tertiary/aromatic N) is 2. The average Bonchev–Trinajstić information content (AvgIpc) is 2.81. The van der Waals surface area contributed by atoms with Crippen molar-refractivity contribution in [2.75, 3.05) is 0 Å². The number of rotatable bonds is 1. The molecular formula is C12H11F2N3O. The van der Waals surface area contributed by atoms with E-state index in [9.17, 15) is 13.6 Å². The maximum Gasteiger partial charge on any atom is 0.343 e. The molecule has 1 aromatic carbocycles. The first kappa shape index (κ1) is 11.1. The van der Waals surface area contributed by atoms with Crippen LogP contribution in [0.2, 0.25) is 0 Å². The van der Waals surface area contributed by atoms with Gasteiger partial charge in [-0.25, -0.2) is 18.7 Å². The molecule has 2 aromatic rings. The average molecular weight is 251 g/mol. The van der Waals surface area contributed by atoms with Crippen molar-refractivity contribution in [3.63, 3.8) is 0 Å². The molecule has 1 aliphatic rings. The summed E-state index contributed by atoms with van der Waals surface area (Å²) in [6, 6.07) is 2.98. The molecule has 2 atom stereocenters. The van der Waals surface area contributed by atoms with Gasteiger partial charge in [0.25, 0.3) is 0 Å². The van der Waals surface area contributed by atoms with Gasteiger partial charge in [0.2, 0.25) is 0 Å². The number of H-pyrrole nitrogens is 1. The Balaban J connectivity index is 2.14. The van der Waals surface area contributed by atoms with E-state index in [1.165, 1.54) is 16.7 Å². The molecule has 3 rings (SSSR count). The quantitative estimate of drug-likeness (QED) is 0.842. The van der Waals surface area contributed by atoms with Crippen LogP contribution in [0.3, 0.4) is 0 Å². The van der Waals surface area contributed by atoms with Crippen LogP contribution in [0.15, 0.2) is 23.0 Å². The van der Waals surface area contributed by atoms with E-state index in [4.69, 9.17) is 0 Å². The highest BCUT2D eigenvalue weighted by Gasteiger charge is 2.32. The predicted molar refractivity (Wildman–Crippen MR) is 60.4 cm³/mol. The third-order valence-corrected chi connectivity index (χ3v) is 3.33. The summed E-state index contributed by atoms with van der Waals surface area (Å²) in [5.74, 6) is -0.555. The molecular weight excluding hydrogens is 240 g/mol. The zero-order chi connectivity index (χ0) is 12.9. The standard InChI is InChI=1S/C12H11F2N3O/c1-6-2-10(17-11(6)15-16-12(17)18)7-3-8(13)5-9(14)4-7/h3-6,10H,2H2,1H3,(H,16,18)/t6-,10-/m1/s1. The molecule has 0 saturated carbocycles. The minimum absolute atomic E-state index is 0.0836. The molecule has 18 heavy (non-hydrogen) atoms. The number of fused-ring (bicyclic) bond motifs is 1. The second-order valence-corrected chi connectivity index (χ2v) is 4.61. The molecule has 94 valence electrons. The molecule has 1 aromatic heterocycles. The Labute approximate surface area is 101 Å². The van der Waals surface area contributed by atoms with Crippen molar-refractivity contribution >= 4 is 0 Å². The molecule has 6 heteroatoms. The van der Waals surface area contributed by atoms with Crippen LogP contribution in [0.25, 0.3) is 0 Å². The maximum atomic E-state index is 13.2. The highest BCUT2D eigenvalue weighted by Crippen LogP contribution is 2.37. The summed E-state index contributed by atoms with van der Waals surface area (Å²) in [7, 11) is 0. The van der Waals surface area contributed by atoms with E-state index < -0.39 is 11.6 Å². The molecule has 0 amide bonds. The Kier molecular flexibility index (Phi) is 2.33.